The van der Waals surface area contributed by atoms with Crippen molar-refractivity contribution in [2.24, 2.45) is 5.92 Å². The number of benzene rings is 2. The Morgan fingerprint density at radius 3 is 2.00 bits per heavy atom. The average molecular weight is 332 g/mol. The van der Waals surface area contributed by atoms with Crippen LogP contribution in [0.1, 0.15) is 11.1 Å². The molecule has 0 fully saturated rings. The van der Waals surface area contributed by atoms with Gasteiger partial charge in [-0.15, -0.1) is 0 Å². The highest BCUT2D eigenvalue weighted by molar-refractivity contribution is 5.58. The minimum Gasteiger partial charge on any atom is -0.504 e. The van der Waals surface area contributed by atoms with Crippen molar-refractivity contribution < 1.29 is 30.6 Å². The van der Waals surface area contributed by atoms with Gasteiger partial charge in [0.15, 0.2) is 23.0 Å². The number of rotatable bonds is 6. The summed E-state index contributed by atoms with van der Waals surface area (Å²) < 4.78 is 0. The van der Waals surface area contributed by atoms with Crippen LogP contribution >= 0.6 is 0 Å². The Hall–Kier alpha value is -2.70. The summed E-state index contributed by atoms with van der Waals surface area (Å²) in [6.45, 7) is -0.519. The number of hydrogen-bond acceptors (Lipinski definition) is 6. The summed E-state index contributed by atoms with van der Waals surface area (Å²) in [6, 6.07) is 8.65. The second-order valence-electron chi connectivity index (χ2n) is 5.53. The third-order valence-corrected chi connectivity index (χ3v) is 3.80. The lowest BCUT2D eigenvalue weighted by Crippen LogP contribution is -2.15. The Kier molecular flexibility index (Phi) is 5.68. The van der Waals surface area contributed by atoms with Gasteiger partial charge in [-0.1, -0.05) is 18.2 Å². The van der Waals surface area contributed by atoms with Crippen LogP contribution in [-0.2, 0) is 6.42 Å². The molecule has 0 radical (unpaired) electrons. The van der Waals surface area contributed by atoms with E-state index >= 15 is 0 Å². The van der Waals surface area contributed by atoms with Gasteiger partial charge in [-0.05, 0) is 47.4 Å². The van der Waals surface area contributed by atoms with E-state index in [0.717, 1.165) is 0 Å². The van der Waals surface area contributed by atoms with Crippen molar-refractivity contribution >= 4 is 6.08 Å². The molecule has 6 heteroatoms. The zero-order valence-corrected chi connectivity index (χ0v) is 12.9. The summed E-state index contributed by atoms with van der Waals surface area (Å²) >= 11 is 0. The number of phenolic OH excluding ortho intramolecular Hbond substituents is 4. The number of aliphatic hydroxyl groups excluding tert-OH is 2. The molecular weight excluding hydrogens is 312 g/mol. The maximum Gasteiger partial charge on any atom is 0.157 e. The lowest BCUT2D eigenvalue weighted by atomic mass is 9.91. The van der Waals surface area contributed by atoms with Crippen molar-refractivity contribution in [1.82, 2.24) is 0 Å². The molecule has 6 N–H and O–H groups in total. The molecule has 2 aromatic rings. The van der Waals surface area contributed by atoms with Gasteiger partial charge in [0, 0.05) is 5.92 Å². The highest BCUT2D eigenvalue weighted by Gasteiger charge is 2.15. The van der Waals surface area contributed by atoms with Crippen molar-refractivity contribution in [2.45, 2.75) is 6.42 Å². The van der Waals surface area contributed by atoms with E-state index in [1.807, 2.05) is 0 Å². The lowest BCUT2D eigenvalue weighted by Gasteiger charge is -2.17. The maximum absolute atomic E-state index is 9.64. The first-order valence-corrected chi connectivity index (χ1v) is 7.39. The highest BCUT2D eigenvalue weighted by atomic mass is 16.3. The van der Waals surface area contributed by atoms with Gasteiger partial charge in [0.1, 0.15) is 0 Å². The first-order chi connectivity index (χ1) is 11.4. The van der Waals surface area contributed by atoms with Crippen LogP contribution in [0, 0.1) is 5.92 Å². The van der Waals surface area contributed by atoms with Gasteiger partial charge in [-0.2, -0.15) is 0 Å². The van der Waals surface area contributed by atoms with Crippen LogP contribution in [0.3, 0.4) is 0 Å². The Bertz CT molecular complexity index is 738. The minimum atomic E-state index is -0.408. The maximum atomic E-state index is 9.64. The molecule has 0 aromatic heterocycles. The van der Waals surface area contributed by atoms with E-state index in [-0.39, 0.29) is 36.2 Å². The molecule has 0 aliphatic heterocycles. The zero-order valence-electron chi connectivity index (χ0n) is 12.9. The van der Waals surface area contributed by atoms with E-state index in [1.165, 1.54) is 24.3 Å². The fourth-order valence-corrected chi connectivity index (χ4v) is 2.43. The molecule has 0 bridgehead atoms. The summed E-state index contributed by atoms with van der Waals surface area (Å²) in [7, 11) is 0. The van der Waals surface area contributed by atoms with E-state index in [9.17, 15) is 30.6 Å². The summed E-state index contributed by atoms with van der Waals surface area (Å²) in [4.78, 5) is 0. The van der Waals surface area contributed by atoms with Crippen molar-refractivity contribution in [3.8, 4) is 23.0 Å². The molecule has 2 rings (SSSR count). The second-order valence-corrected chi connectivity index (χ2v) is 5.53. The molecule has 0 aliphatic rings. The molecule has 1 atom stereocenters. The lowest BCUT2D eigenvalue weighted by molar-refractivity contribution is 0.227. The monoisotopic (exact) mass is 332 g/mol. The molecule has 0 aliphatic carbocycles. The van der Waals surface area contributed by atoms with Crippen LogP contribution in [0.4, 0.5) is 0 Å². The standard InChI is InChI=1S/C18H20O6/c19-9-13(5-11-1-3-15(21)17(23)7-11)14(10-20)6-12-2-4-16(22)18(24)8-12/h1-5,7-8,14,19-24H,6,9-10H2. The van der Waals surface area contributed by atoms with Crippen LogP contribution in [0.5, 0.6) is 23.0 Å². The van der Waals surface area contributed by atoms with Crippen molar-refractivity contribution in [1.29, 1.82) is 0 Å². The smallest absolute Gasteiger partial charge is 0.157 e. The Balaban J connectivity index is 2.26. The summed E-state index contributed by atoms with van der Waals surface area (Å²) in [5.74, 6) is -1.39. The van der Waals surface area contributed by atoms with Gasteiger partial charge in [-0.25, -0.2) is 0 Å². The second kappa shape index (κ2) is 7.72. The first-order valence-electron chi connectivity index (χ1n) is 7.39. The van der Waals surface area contributed by atoms with Crippen LogP contribution in [0.2, 0.25) is 0 Å². The van der Waals surface area contributed by atoms with Gasteiger partial charge >= 0.3 is 0 Å². The third kappa shape index (κ3) is 4.18. The molecule has 128 valence electrons. The van der Waals surface area contributed by atoms with E-state index in [0.29, 0.717) is 23.1 Å². The van der Waals surface area contributed by atoms with Gasteiger partial charge in [-0.3, -0.25) is 0 Å². The molecule has 24 heavy (non-hydrogen) atoms. The average Bonchev–Trinajstić information content (AvgIpc) is 2.57. The SMILES string of the molecule is OCC(=Cc1ccc(O)c(O)c1)C(CO)Cc1ccc(O)c(O)c1. The number of aromatic hydroxyl groups is 4. The molecule has 0 saturated carbocycles. The van der Waals surface area contributed by atoms with E-state index < -0.39 is 5.92 Å². The van der Waals surface area contributed by atoms with Gasteiger partial charge in [0.25, 0.3) is 0 Å². The van der Waals surface area contributed by atoms with Crippen molar-refractivity contribution in [3.05, 3.63) is 53.1 Å². The fraction of sp³-hybridized carbons (Fsp3) is 0.222. The Morgan fingerprint density at radius 1 is 0.833 bits per heavy atom. The number of hydrogen-bond donors (Lipinski definition) is 6. The quantitative estimate of drug-likeness (QED) is 0.448. The number of phenols is 4. The summed E-state index contributed by atoms with van der Waals surface area (Å²) in [6.07, 6.45) is 1.97. The van der Waals surface area contributed by atoms with E-state index in [1.54, 1.807) is 18.2 Å². The zero-order chi connectivity index (χ0) is 17.7. The topological polar surface area (TPSA) is 121 Å². The predicted molar refractivity (Wildman–Crippen MR) is 88.9 cm³/mol. The molecule has 1 unspecified atom stereocenters. The van der Waals surface area contributed by atoms with Gasteiger partial charge < -0.3 is 30.6 Å². The largest absolute Gasteiger partial charge is 0.504 e. The molecule has 2 aromatic carbocycles. The molecule has 0 spiro atoms. The highest BCUT2D eigenvalue weighted by Crippen LogP contribution is 2.29. The van der Waals surface area contributed by atoms with Gasteiger partial charge in [0.2, 0.25) is 0 Å². The predicted octanol–water partition coefficient (Wildman–Crippen LogP) is 1.74. The van der Waals surface area contributed by atoms with Crippen LogP contribution < -0.4 is 0 Å². The van der Waals surface area contributed by atoms with Crippen LogP contribution in [0.15, 0.2) is 42.0 Å². The van der Waals surface area contributed by atoms with Crippen molar-refractivity contribution in [2.75, 3.05) is 13.2 Å². The molecular formula is C18H20O6. The summed E-state index contributed by atoms with van der Waals surface area (Å²) in [5, 5.41) is 57.0. The third-order valence-electron chi connectivity index (χ3n) is 3.80. The first kappa shape index (κ1) is 17.7. The van der Waals surface area contributed by atoms with Crippen LogP contribution in [-0.4, -0.2) is 43.9 Å². The Labute approximate surface area is 139 Å². The number of aliphatic hydroxyl groups is 2. The minimum absolute atomic E-state index is 0.224. The van der Waals surface area contributed by atoms with Gasteiger partial charge in [0.05, 0.1) is 13.2 Å². The van der Waals surface area contributed by atoms with E-state index in [4.69, 9.17) is 0 Å². The van der Waals surface area contributed by atoms with E-state index in [2.05, 4.69) is 0 Å². The molecule has 0 amide bonds. The normalized spacial score (nSPS) is 13.0. The molecule has 0 heterocycles. The van der Waals surface area contributed by atoms with Crippen LogP contribution in [0.25, 0.3) is 6.08 Å². The molecule has 0 saturated heterocycles. The Morgan fingerprint density at radius 2 is 1.46 bits per heavy atom. The van der Waals surface area contributed by atoms with Crippen molar-refractivity contribution in [3.63, 3.8) is 0 Å². The fourth-order valence-electron chi connectivity index (χ4n) is 2.43. The molecule has 6 nitrogen and oxygen atoms in total. The summed E-state index contributed by atoms with van der Waals surface area (Å²) in [5.41, 5.74) is 1.80.